The first-order chi connectivity index (χ1) is 11.7. The van der Waals surface area contributed by atoms with E-state index >= 15 is 0 Å². The Balaban J connectivity index is 1.67. The molecule has 120 valence electrons. The number of rotatable bonds is 2. The third-order valence-electron chi connectivity index (χ3n) is 4.32. The molecule has 0 aliphatic heterocycles. The van der Waals surface area contributed by atoms with E-state index in [0.717, 1.165) is 40.4 Å². The largest absolute Gasteiger partial charge is 0.292 e. The molecule has 0 unspecified atom stereocenters. The number of fused-ring (bicyclic) bond motifs is 1. The molecular weight excluding hydrogens is 368 g/mol. The van der Waals surface area contributed by atoms with Gasteiger partial charge in [0, 0.05) is 15.6 Å². The predicted octanol–water partition coefficient (Wildman–Crippen LogP) is 3.86. The van der Waals surface area contributed by atoms with Crippen molar-refractivity contribution in [3.05, 3.63) is 64.1 Å². The molecule has 1 atom stereocenters. The number of hydrogen-bond donors (Lipinski definition) is 0. The summed E-state index contributed by atoms with van der Waals surface area (Å²) < 4.78 is 0.995. The van der Waals surface area contributed by atoms with Gasteiger partial charge in [-0.3, -0.25) is 4.79 Å². The monoisotopic (exact) mass is 382 g/mol. The minimum Gasteiger partial charge on any atom is -0.292 e. The van der Waals surface area contributed by atoms with Crippen LogP contribution in [0.2, 0.25) is 0 Å². The van der Waals surface area contributed by atoms with E-state index in [1.165, 1.54) is 4.80 Å². The lowest BCUT2D eigenvalue weighted by Crippen LogP contribution is -2.21. The number of aromatic nitrogens is 4. The number of benzene rings is 2. The first kappa shape index (κ1) is 15.2. The van der Waals surface area contributed by atoms with Crippen molar-refractivity contribution in [3.63, 3.8) is 0 Å². The highest BCUT2D eigenvalue weighted by molar-refractivity contribution is 9.10. The van der Waals surface area contributed by atoms with E-state index in [1.807, 2.05) is 48.5 Å². The zero-order chi connectivity index (χ0) is 16.5. The molecule has 0 radical (unpaired) electrons. The third-order valence-corrected chi connectivity index (χ3v) is 4.85. The van der Waals surface area contributed by atoms with E-state index in [9.17, 15) is 4.79 Å². The molecule has 1 aromatic heterocycles. The highest BCUT2D eigenvalue weighted by Crippen LogP contribution is 2.27. The van der Waals surface area contributed by atoms with Crippen LogP contribution in [0.25, 0.3) is 11.4 Å². The van der Waals surface area contributed by atoms with Gasteiger partial charge in [0.1, 0.15) is 6.04 Å². The number of carbonyl (C=O) groups excluding carboxylic acids is 1. The molecule has 1 aliphatic rings. The van der Waals surface area contributed by atoms with E-state index in [-0.39, 0.29) is 11.8 Å². The summed E-state index contributed by atoms with van der Waals surface area (Å²) in [5, 5.41) is 12.7. The van der Waals surface area contributed by atoms with Gasteiger partial charge in [-0.1, -0.05) is 40.2 Å². The molecule has 0 amide bonds. The Morgan fingerprint density at radius 2 is 1.88 bits per heavy atom. The minimum absolute atomic E-state index is 0.0721. The Morgan fingerprint density at radius 3 is 2.71 bits per heavy atom. The summed E-state index contributed by atoms with van der Waals surface area (Å²) in [5.74, 6) is 0.607. The van der Waals surface area contributed by atoms with E-state index in [0.29, 0.717) is 5.82 Å². The van der Waals surface area contributed by atoms with Gasteiger partial charge in [-0.25, -0.2) is 0 Å². The topological polar surface area (TPSA) is 60.7 Å². The average Bonchev–Trinajstić information content (AvgIpc) is 3.02. The van der Waals surface area contributed by atoms with Crippen molar-refractivity contribution < 1.29 is 4.79 Å². The Hall–Kier alpha value is -2.34. The molecule has 6 heteroatoms. The summed E-state index contributed by atoms with van der Waals surface area (Å²) in [4.78, 5) is 14.4. The van der Waals surface area contributed by atoms with E-state index < -0.39 is 0 Å². The lowest BCUT2D eigenvalue weighted by atomic mass is 10.0. The summed E-state index contributed by atoms with van der Waals surface area (Å²) in [5.41, 5.74) is 2.77. The lowest BCUT2D eigenvalue weighted by Gasteiger charge is -2.11. The summed E-state index contributed by atoms with van der Waals surface area (Å²) >= 11 is 3.41. The first-order valence-corrected chi connectivity index (χ1v) is 8.69. The molecule has 0 N–H and O–H groups in total. The van der Waals surface area contributed by atoms with Crippen LogP contribution in [-0.4, -0.2) is 26.0 Å². The number of tetrazole rings is 1. The van der Waals surface area contributed by atoms with Crippen LogP contribution >= 0.6 is 15.9 Å². The fraction of sp³-hybridized carbons (Fsp3) is 0.222. The zero-order valence-electron chi connectivity index (χ0n) is 12.9. The maximum Gasteiger partial charge on any atom is 0.204 e. The average molecular weight is 383 g/mol. The molecule has 4 rings (SSSR count). The van der Waals surface area contributed by atoms with Gasteiger partial charge >= 0.3 is 0 Å². The smallest absolute Gasteiger partial charge is 0.204 e. The maximum atomic E-state index is 12.9. The Morgan fingerprint density at radius 1 is 1.08 bits per heavy atom. The fourth-order valence-electron chi connectivity index (χ4n) is 3.07. The number of Topliss-reactive ketones (excluding diaryl/α,β-unsaturated/α-hetero) is 1. The van der Waals surface area contributed by atoms with Crippen LogP contribution in [0.4, 0.5) is 0 Å². The number of nitrogens with zero attached hydrogens (tertiary/aromatic N) is 4. The van der Waals surface area contributed by atoms with Crippen LogP contribution in [0, 0.1) is 0 Å². The highest BCUT2D eigenvalue weighted by atomic mass is 79.9. The van der Waals surface area contributed by atoms with Crippen molar-refractivity contribution >= 4 is 21.7 Å². The number of halogens is 1. The van der Waals surface area contributed by atoms with Crippen LogP contribution < -0.4 is 0 Å². The summed E-state index contributed by atoms with van der Waals surface area (Å²) in [7, 11) is 0. The first-order valence-electron chi connectivity index (χ1n) is 7.90. The highest BCUT2D eigenvalue weighted by Gasteiger charge is 2.28. The molecule has 5 nitrogen and oxygen atoms in total. The minimum atomic E-state index is -0.384. The van der Waals surface area contributed by atoms with Crippen molar-refractivity contribution in [1.29, 1.82) is 0 Å². The molecule has 0 spiro atoms. The van der Waals surface area contributed by atoms with Crippen LogP contribution in [0.5, 0.6) is 0 Å². The Kier molecular flexibility index (Phi) is 3.98. The van der Waals surface area contributed by atoms with Gasteiger partial charge in [-0.2, -0.15) is 4.80 Å². The Bertz CT molecular complexity index is 888. The summed E-state index contributed by atoms with van der Waals surface area (Å²) in [6.45, 7) is 0. The fourth-order valence-corrected chi connectivity index (χ4v) is 3.33. The van der Waals surface area contributed by atoms with Crippen LogP contribution in [-0.2, 0) is 6.42 Å². The van der Waals surface area contributed by atoms with Crippen molar-refractivity contribution in [2.45, 2.75) is 25.3 Å². The third kappa shape index (κ3) is 2.78. The van der Waals surface area contributed by atoms with Crippen molar-refractivity contribution in [2.24, 2.45) is 0 Å². The second-order valence-corrected chi connectivity index (χ2v) is 6.79. The normalized spacial score (nSPS) is 17.4. The van der Waals surface area contributed by atoms with E-state index in [4.69, 9.17) is 0 Å². The molecule has 0 fully saturated rings. The number of carbonyl (C=O) groups is 1. The quantitative estimate of drug-likeness (QED) is 0.631. The van der Waals surface area contributed by atoms with Gasteiger partial charge in [0.05, 0.1) is 0 Å². The van der Waals surface area contributed by atoms with Gasteiger partial charge in [0.2, 0.25) is 5.82 Å². The maximum absolute atomic E-state index is 12.9. The molecule has 24 heavy (non-hydrogen) atoms. The van der Waals surface area contributed by atoms with Gasteiger partial charge in [0.15, 0.2) is 5.78 Å². The molecule has 1 heterocycles. The predicted molar refractivity (Wildman–Crippen MR) is 93.7 cm³/mol. The van der Waals surface area contributed by atoms with Gasteiger partial charge in [-0.05, 0) is 54.3 Å². The second-order valence-electron chi connectivity index (χ2n) is 5.87. The number of hydrogen-bond acceptors (Lipinski definition) is 4. The van der Waals surface area contributed by atoms with E-state index in [1.54, 1.807) is 0 Å². The lowest BCUT2D eigenvalue weighted by molar-refractivity contribution is 0.0902. The van der Waals surface area contributed by atoms with Gasteiger partial charge in [0.25, 0.3) is 0 Å². The molecule has 0 saturated heterocycles. The summed E-state index contributed by atoms with van der Waals surface area (Å²) in [6, 6.07) is 15.1. The Labute approximate surface area is 147 Å². The standard InChI is InChI=1S/C18H15BrN4O/c19-14-10-8-13(9-11-14)18-20-22-23(21-18)16-7-3-5-12-4-1-2-6-15(12)17(16)24/h1-2,4,6,8-11,16H,3,5,7H2/t16-/m1/s1. The molecule has 0 bridgehead atoms. The summed E-state index contributed by atoms with van der Waals surface area (Å²) in [6.07, 6.45) is 2.57. The molecular formula is C18H15BrN4O. The van der Waals surface area contributed by atoms with Crippen molar-refractivity contribution in [2.75, 3.05) is 0 Å². The van der Waals surface area contributed by atoms with Gasteiger partial charge < -0.3 is 0 Å². The van der Waals surface area contributed by atoms with Crippen LogP contribution in [0.15, 0.2) is 53.0 Å². The molecule has 3 aromatic rings. The number of ketones is 1. The number of aryl methyl sites for hydroxylation is 1. The van der Waals surface area contributed by atoms with Crippen molar-refractivity contribution in [3.8, 4) is 11.4 Å². The molecule has 0 saturated carbocycles. The zero-order valence-corrected chi connectivity index (χ0v) is 14.5. The second kappa shape index (κ2) is 6.28. The van der Waals surface area contributed by atoms with Crippen LogP contribution in [0.1, 0.15) is 34.8 Å². The van der Waals surface area contributed by atoms with Gasteiger partial charge in [-0.15, -0.1) is 10.2 Å². The molecule has 1 aliphatic carbocycles. The SMILES string of the molecule is O=C1c2ccccc2CCC[C@H]1n1nnc(-c2ccc(Br)cc2)n1. The van der Waals surface area contributed by atoms with Crippen molar-refractivity contribution in [1.82, 2.24) is 20.2 Å². The van der Waals surface area contributed by atoms with Crippen LogP contribution in [0.3, 0.4) is 0 Å². The van der Waals surface area contributed by atoms with E-state index in [2.05, 4.69) is 31.3 Å². The molecule has 2 aromatic carbocycles.